The van der Waals surface area contributed by atoms with Gasteiger partial charge in [-0.1, -0.05) is 18.2 Å². The first-order chi connectivity index (χ1) is 10.5. The van der Waals surface area contributed by atoms with Gasteiger partial charge in [0.05, 0.1) is 17.7 Å². The normalized spacial score (nSPS) is 11.0. The summed E-state index contributed by atoms with van der Waals surface area (Å²) in [5.41, 5.74) is 0.223. The van der Waals surface area contributed by atoms with Crippen LogP contribution >= 0.6 is 0 Å². The number of Topliss-reactive ketones (excluding diaryl/α,β-unsaturated/α-hetero) is 1. The quantitative estimate of drug-likeness (QED) is 0.790. The van der Waals surface area contributed by atoms with E-state index in [1.165, 1.54) is 31.4 Å². The lowest BCUT2D eigenvalue weighted by molar-refractivity contribution is 0.0904. The van der Waals surface area contributed by atoms with E-state index in [9.17, 15) is 13.2 Å². The molecule has 0 fully saturated rings. The van der Waals surface area contributed by atoms with E-state index < -0.39 is 22.4 Å². The largest absolute Gasteiger partial charge is 0.497 e. The van der Waals surface area contributed by atoms with Gasteiger partial charge in [0.1, 0.15) is 12.4 Å². The minimum Gasteiger partial charge on any atom is -0.497 e. The number of rotatable bonds is 6. The fourth-order valence-electron chi connectivity index (χ4n) is 1.87. The van der Waals surface area contributed by atoms with Crippen molar-refractivity contribution in [1.29, 1.82) is 0 Å². The molecule has 0 atom stereocenters. The highest BCUT2D eigenvalue weighted by molar-refractivity contribution is 7.92. The van der Waals surface area contributed by atoms with E-state index in [0.29, 0.717) is 5.75 Å². The molecule has 0 saturated heterocycles. The summed E-state index contributed by atoms with van der Waals surface area (Å²) in [7, 11) is -2.44. The van der Waals surface area contributed by atoms with Crippen LogP contribution in [-0.2, 0) is 10.0 Å². The minimum absolute atomic E-state index is 0.0121. The number of aliphatic hydroxyl groups is 1. The third kappa shape index (κ3) is 3.44. The number of aliphatic hydroxyl groups excluding tert-OH is 1. The summed E-state index contributed by atoms with van der Waals surface area (Å²) < 4.78 is 32.1. The van der Waals surface area contributed by atoms with Gasteiger partial charge < -0.3 is 9.84 Å². The Bertz CT molecular complexity index is 786. The molecule has 0 aliphatic rings. The Labute approximate surface area is 128 Å². The Hall–Kier alpha value is -2.38. The fraction of sp³-hybridized carbons (Fsp3) is 0.133. The van der Waals surface area contributed by atoms with Crippen molar-refractivity contribution < 1.29 is 23.1 Å². The Morgan fingerprint density at radius 1 is 1.18 bits per heavy atom. The number of anilines is 1. The van der Waals surface area contributed by atoms with Crippen molar-refractivity contribution in [1.82, 2.24) is 0 Å². The molecule has 0 aliphatic heterocycles. The van der Waals surface area contributed by atoms with Crippen molar-refractivity contribution in [2.45, 2.75) is 4.90 Å². The van der Waals surface area contributed by atoms with E-state index in [4.69, 9.17) is 9.84 Å². The summed E-state index contributed by atoms with van der Waals surface area (Å²) in [6.45, 7) is -0.697. The second-order valence-corrected chi connectivity index (χ2v) is 6.09. The average molecular weight is 321 g/mol. The molecule has 2 aromatic carbocycles. The molecule has 116 valence electrons. The van der Waals surface area contributed by atoms with Gasteiger partial charge >= 0.3 is 0 Å². The van der Waals surface area contributed by atoms with E-state index in [1.54, 1.807) is 24.3 Å². The van der Waals surface area contributed by atoms with Crippen molar-refractivity contribution >= 4 is 21.5 Å². The van der Waals surface area contributed by atoms with Crippen LogP contribution in [0.1, 0.15) is 10.4 Å². The molecule has 2 aromatic rings. The average Bonchev–Trinajstić information content (AvgIpc) is 2.54. The molecule has 22 heavy (non-hydrogen) atoms. The maximum absolute atomic E-state index is 12.4. The number of hydrogen-bond acceptors (Lipinski definition) is 5. The van der Waals surface area contributed by atoms with Gasteiger partial charge in [-0.3, -0.25) is 9.52 Å². The van der Waals surface area contributed by atoms with Crippen molar-refractivity contribution in [2.75, 3.05) is 18.4 Å². The summed E-state index contributed by atoms with van der Waals surface area (Å²) in [6.07, 6.45) is 0. The molecule has 2 rings (SSSR count). The number of benzene rings is 2. The van der Waals surface area contributed by atoms with Gasteiger partial charge in [0.15, 0.2) is 5.78 Å². The highest BCUT2D eigenvalue weighted by atomic mass is 32.2. The van der Waals surface area contributed by atoms with Gasteiger partial charge in [-0.15, -0.1) is 0 Å². The number of sulfonamides is 1. The molecule has 0 bridgehead atoms. The topological polar surface area (TPSA) is 92.7 Å². The molecule has 0 radical (unpaired) electrons. The van der Waals surface area contributed by atoms with E-state index >= 15 is 0 Å². The predicted molar refractivity (Wildman–Crippen MR) is 81.7 cm³/mol. The number of methoxy groups -OCH3 is 1. The lowest BCUT2D eigenvalue weighted by Gasteiger charge is -2.12. The molecule has 0 aromatic heterocycles. The lowest BCUT2D eigenvalue weighted by Crippen LogP contribution is -2.16. The Morgan fingerprint density at radius 2 is 1.91 bits per heavy atom. The fourth-order valence-corrected chi connectivity index (χ4v) is 2.99. The number of nitrogens with one attached hydrogen (secondary N) is 1. The van der Waals surface area contributed by atoms with E-state index in [0.717, 1.165) is 0 Å². The molecular weight excluding hydrogens is 306 g/mol. The van der Waals surface area contributed by atoms with Crippen molar-refractivity contribution in [3.05, 3.63) is 54.1 Å². The maximum atomic E-state index is 12.4. The van der Waals surface area contributed by atoms with Crippen LogP contribution in [0.15, 0.2) is 53.4 Å². The number of ketones is 1. The molecule has 0 heterocycles. The van der Waals surface area contributed by atoms with Crippen LogP contribution in [0.2, 0.25) is 0 Å². The highest BCUT2D eigenvalue weighted by Crippen LogP contribution is 2.22. The second kappa shape index (κ2) is 6.59. The van der Waals surface area contributed by atoms with Crippen molar-refractivity contribution in [3.8, 4) is 5.75 Å². The smallest absolute Gasteiger partial charge is 0.262 e. The summed E-state index contributed by atoms with van der Waals surface area (Å²) >= 11 is 0. The second-order valence-electron chi connectivity index (χ2n) is 4.41. The van der Waals surface area contributed by atoms with Gasteiger partial charge in [-0.25, -0.2) is 8.42 Å². The SMILES string of the molecule is COc1cccc(S(=O)(=O)Nc2ccccc2C(=O)CO)c1. The van der Waals surface area contributed by atoms with Gasteiger partial charge in [0.25, 0.3) is 10.0 Å². The molecule has 7 heteroatoms. The molecule has 0 saturated carbocycles. The van der Waals surface area contributed by atoms with Crippen LogP contribution in [0.3, 0.4) is 0 Å². The van der Waals surface area contributed by atoms with Crippen LogP contribution < -0.4 is 9.46 Å². The zero-order valence-electron chi connectivity index (χ0n) is 11.8. The van der Waals surface area contributed by atoms with Gasteiger partial charge in [-0.05, 0) is 24.3 Å². The van der Waals surface area contributed by atoms with Crippen molar-refractivity contribution in [2.24, 2.45) is 0 Å². The monoisotopic (exact) mass is 321 g/mol. The summed E-state index contributed by atoms with van der Waals surface area (Å²) in [4.78, 5) is 11.7. The molecule has 0 spiro atoms. The van der Waals surface area contributed by atoms with Crippen LogP contribution in [0.5, 0.6) is 5.75 Å². The number of ether oxygens (including phenoxy) is 1. The third-order valence-electron chi connectivity index (χ3n) is 2.97. The number of para-hydroxylation sites is 1. The highest BCUT2D eigenvalue weighted by Gasteiger charge is 2.18. The molecule has 0 amide bonds. The van der Waals surface area contributed by atoms with Gasteiger partial charge in [0.2, 0.25) is 0 Å². The molecule has 0 aliphatic carbocycles. The Balaban J connectivity index is 2.39. The summed E-state index contributed by atoms with van der Waals surface area (Å²) in [5.74, 6) is -0.161. The van der Waals surface area contributed by atoms with Gasteiger partial charge in [0, 0.05) is 11.6 Å². The lowest BCUT2D eigenvalue weighted by atomic mass is 10.1. The first-order valence-electron chi connectivity index (χ1n) is 6.38. The molecule has 6 nitrogen and oxygen atoms in total. The third-order valence-corrected chi connectivity index (χ3v) is 4.33. The van der Waals surface area contributed by atoms with E-state index in [1.807, 2.05) is 0 Å². The van der Waals surface area contributed by atoms with Crippen LogP contribution in [0, 0.1) is 0 Å². The molecule has 0 unspecified atom stereocenters. The standard InChI is InChI=1S/C15H15NO5S/c1-21-11-5-4-6-12(9-11)22(19,20)16-14-8-3-2-7-13(14)15(18)10-17/h2-9,16-17H,10H2,1H3. The zero-order valence-corrected chi connectivity index (χ0v) is 12.6. The molecular formula is C15H15NO5S. The molecule has 2 N–H and O–H groups in total. The van der Waals surface area contributed by atoms with Crippen LogP contribution in [0.4, 0.5) is 5.69 Å². The van der Waals surface area contributed by atoms with Crippen molar-refractivity contribution in [3.63, 3.8) is 0 Å². The maximum Gasteiger partial charge on any atom is 0.262 e. The summed E-state index contributed by atoms with van der Waals surface area (Å²) in [5, 5.41) is 8.95. The minimum atomic E-state index is -3.87. The Morgan fingerprint density at radius 3 is 2.59 bits per heavy atom. The van der Waals surface area contributed by atoms with Crippen LogP contribution in [0.25, 0.3) is 0 Å². The Kier molecular flexibility index (Phi) is 4.79. The predicted octanol–water partition coefficient (Wildman–Crippen LogP) is 1.67. The number of carbonyl (C=O) groups excluding carboxylic acids is 1. The first-order valence-corrected chi connectivity index (χ1v) is 7.86. The van der Waals surface area contributed by atoms with E-state index in [2.05, 4.69) is 4.72 Å². The number of hydrogen-bond donors (Lipinski definition) is 2. The van der Waals surface area contributed by atoms with E-state index in [-0.39, 0.29) is 16.1 Å². The summed E-state index contributed by atoms with van der Waals surface area (Å²) in [6, 6.07) is 12.1. The van der Waals surface area contributed by atoms with Crippen LogP contribution in [-0.4, -0.2) is 33.0 Å². The first kappa shape index (κ1) is 16.0. The number of carbonyl (C=O) groups is 1. The van der Waals surface area contributed by atoms with Gasteiger partial charge in [-0.2, -0.15) is 0 Å². The zero-order chi connectivity index (χ0) is 16.2.